The number of anilines is 1. The number of hydrogen-bond acceptors (Lipinski definition) is 5. The fourth-order valence-corrected chi connectivity index (χ4v) is 1.72. The van der Waals surface area contributed by atoms with E-state index in [1.54, 1.807) is 29.3 Å². The van der Waals surface area contributed by atoms with Crippen LogP contribution in [0.1, 0.15) is 12.8 Å². The molecule has 1 saturated carbocycles. The van der Waals surface area contributed by atoms with Gasteiger partial charge in [0.1, 0.15) is 5.82 Å². The minimum absolute atomic E-state index is 0.0663. The molecule has 0 aliphatic heterocycles. The maximum absolute atomic E-state index is 11.7. The van der Waals surface area contributed by atoms with E-state index >= 15 is 0 Å². The van der Waals surface area contributed by atoms with Crippen LogP contribution in [-0.4, -0.2) is 46.0 Å². The van der Waals surface area contributed by atoms with E-state index in [2.05, 4.69) is 15.8 Å². The lowest BCUT2D eigenvalue weighted by molar-refractivity contribution is -0.138. The zero-order valence-electron chi connectivity index (χ0n) is 10.4. The third kappa shape index (κ3) is 4.55. The summed E-state index contributed by atoms with van der Waals surface area (Å²) in [5.74, 6) is -0.664. The quantitative estimate of drug-likeness (QED) is 0.603. The minimum atomic E-state index is -0.919. The van der Waals surface area contributed by atoms with Gasteiger partial charge in [-0.1, -0.05) is 6.07 Å². The maximum atomic E-state index is 11.7. The lowest BCUT2D eigenvalue weighted by atomic mass is 10.4. The van der Waals surface area contributed by atoms with Crippen molar-refractivity contribution in [1.29, 1.82) is 0 Å². The van der Waals surface area contributed by atoms with Gasteiger partial charge >= 0.3 is 5.97 Å². The molecule has 1 aromatic rings. The van der Waals surface area contributed by atoms with Crippen LogP contribution < -0.4 is 10.9 Å². The molecule has 1 aromatic heterocycles. The first kappa shape index (κ1) is 13.3. The number of hydrazine groups is 1. The molecule has 0 saturated heterocycles. The van der Waals surface area contributed by atoms with Gasteiger partial charge in [0, 0.05) is 12.2 Å². The van der Waals surface area contributed by atoms with Crippen LogP contribution in [0.3, 0.4) is 0 Å². The number of nitrogens with one attached hydrogen (secondary N) is 2. The van der Waals surface area contributed by atoms with Crippen molar-refractivity contribution in [3.63, 3.8) is 0 Å². The smallest absolute Gasteiger partial charge is 0.317 e. The standard InChI is InChI=1S/C12H16N4O3/c17-11(15-14-10-3-1-2-6-13-10)7-16(8-12(18)19)9-4-5-9/h1-3,6,9H,4-5,7-8H2,(H,13,14)(H,15,17)(H,18,19). The molecule has 7 nitrogen and oxygen atoms in total. The highest BCUT2D eigenvalue weighted by molar-refractivity contribution is 5.80. The van der Waals surface area contributed by atoms with E-state index in [9.17, 15) is 9.59 Å². The van der Waals surface area contributed by atoms with Crippen LogP contribution in [0, 0.1) is 0 Å². The molecule has 1 aliphatic carbocycles. The average molecular weight is 264 g/mol. The molecule has 1 heterocycles. The van der Waals surface area contributed by atoms with Crippen molar-refractivity contribution in [3.05, 3.63) is 24.4 Å². The van der Waals surface area contributed by atoms with Gasteiger partial charge in [-0.15, -0.1) is 0 Å². The van der Waals surface area contributed by atoms with Gasteiger partial charge in [-0.2, -0.15) is 0 Å². The number of aromatic nitrogens is 1. The predicted molar refractivity (Wildman–Crippen MR) is 68.2 cm³/mol. The van der Waals surface area contributed by atoms with E-state index in [1.165, 1.54) is 0 Å². The number of carbonyl (C=O) groups is 2. The largest absolute Gasteiger partial charge is 0.480 e. The Kier molecular flexibility index (Phi) is 4.30. The molecule has 1 amide bonds. The van der Waals surface area contributed by atoms with E-state index in [0.29, 0.717) is 5.82 Å². The van der Waals surface area contributed by atoms with Crippen LogP contribution in [-0.2, 0) is 9.59 Å². The molecular formula is C12H16N4O3. The first-order valence-electron chi connectivity index (χ1n) is 6.07. The Balaban J connectivity index is 1.77. The van der Waals surface area contributed by atoms with Gasteiger partial charge in [0.05, 0.1) is 13.1 Å². The van der Waals surface area contributed by atoms with E-state index in [-0.39, 0.29) is 25.0 Å². The fraction of sp³-hybridized carbons (Fsp3) is 0.417. The number of aliphatic carboxylic acids is 1. The first-order chi connectivity index (χ1) is 9.15. The van der Waals surface area contributed by atoms with Crippen LogP contribution in [0.2, 0.25) is 0 Å². The number of carbonyl (C=O) groups excluding carboxylic acids is 1. The van der Waals surface area contributed by atoms with Crippen molar-refractivity contribution < 1.29 is 14.7 Å². The third-order valence-corrected chi connectivity index (χ3v) is 2.74. The summed E-state index contributed by atoms with van der Waals surface area (Å²) in [6, 6.07) is 5.50. The molecule has 1 fully saturated rings. The van der Waals surface area contributed by atoms with Crippen LogP contribution >= 0.6 is 0 Å². The summed E-state index contributed by atoms with van der Waals surface area (Å²) < 4.78 is 0. The van der Waals surface area contributed by atoms with Crippen molar-refractivity contribution in [1.82, 2.24) is 15.3 Å². The Bertz CT molecular complexity index is 448. The van der Waals surface area contributed by atoms with Crippen LogP contribution in [0.15, 0.2) is 24.4 Å². The van der Waals surface area contributed by atoms with Crippen molar-refractivity contribution in [2.24, 2.45) is 0 Å². The normalized spacial score (nSPS) is 14.2. The molecule has 0 bridgehead atoms. The second kappa shape index (κ2) is 6.14. The van der Waals surface area contributed by atoms with Crippen molar-refractivity contribution in [2.75, 3.05) is 18.5 Å². The number of pyridine rings is 1. The highest BCUT2D eigenvalue weighted by Gasteiger charge is 2.31. The summed E-state index contributed by atoms with van der Waals surface area (Å²) in [7, 11) is 0. The molecule has 19 heavy (non-hydrogen) atoms. The Morgan fingerprint density at radius 3 is 2.74 bits per heavy atom. The van der Waals surface area contributed by atoms with Gasteiger partial charge in [0.15, 0.2) is 0 Å². The van der Waals surface area contributed by atoms with Crippen molar-refractivity contribution in [2.45, 2.75) is 18.9 Å². The summed E-state index contributed by atoms with van der Waals surface area (Å²) in [5, 5.41) is 8.78. The molecule has 0 spiro atoms. The maximum Gasteiger partial charge on any atom is 0.317 e. The van der Waals surface area contributed by atoms with Gasteiger partial charge < -0.3 is 5.11 Å². The van der Waals surface area contributed by atoms with Crippen LogP contribution in [0.25, 0.3) is 0 Å². The Hall–Kier alpha value is -2.15. The molecular weight excluding hydrogens is 248 g/mol. The van der Waals surface area contributed by atoms with E-state index < -0.39 is 5.97 Å². The first-order valence-corrected chi connectivity index (χ1v) is 6.07. The molecule has 0 unspecified atom stereocenters. The third-order valence-electron chi connectivity index (χ3n) is 2.74. The summed E-state index contributed by atoms with van der Waals surface area (Å²) in [4.78, 5) is 28.1. The summed E-state index contributed by atoms with van der Waals surface area (Å²) in [6.45, 7) is -0.0432. The summed E-state index contributed by atoms with van der Waals surface area (Å²) >= 11 is 0. The van der Waals surface area contributed by atoms with Crippen LogP contribution in [0.5, 0.6) is 0 Å². The molecule has 0 atom stereocenters. The molecule has 0 aromatic carbocycles. The Morgan fingerprint density at radius 1 is 1.37 bits per heavy atom. The zero-order valence-corrected chi connectivity index (χ0v) is 10.4. The number of rotatable bonds is 7. The molecule has 102 valence electrons. The zero-order chi connectivity index (χ0) is 13.7. The van der Waals surface area contributed by atoms with Gasteiger partial charge in [-0.3, -0.25) is 25.3 Å². The van der Waals surface area contributed by atoms with Crippen molar-refractivity contribution >= 4 is 17.7 Å². The number of nitrogens with zero attached hydrogens (tertiary/aromatic N) is 2. The van der Waals surface area contributed by atoms with Gasteiger partial charge in [-0.05, 0) is 25.0 Å². The lowest BCUT2D eigenvalue weighted by Gasteiger charge is -2.19. The summed E-state index contributed by atoms with van der Waals surface area (Å²) in [6.07, 6.45) is 3.51. The van der Waals surface area contributed by atoms with Crippen LogP contribution in [0.4, 0.5) is 5.82 Å². The Labute approximate surface area is 110 Å². The topological polar surface area (TPSA) is 94.6 Å². The van der Waals surface area contributed by atoms with E-state index in [4.69, 9.17) is 5.11 Å². The summed E-state index contributed by atoms with van der Waals surface area (Å²) in [5.41, 5.74) is 5.18. The molecule has 2 rings (SSSR count). The molecule has 1 aliphatic rings. The average Bonchev–Trinajstić information content (AvgIpc) is 3.20. The molecule has 3 N–H and O–H groups in total. The molecule has 0 radical (unpaired) electrons. The van der Waals surface area contributed by atoms with E-state index in [1.807, 2.05) is 0 Å². The number of carboxylic acid groups (broad SMARTS) is 1. The van der Waals surface area contributed by atoms with E-state index in [0.717, 1.165) is 12.8 Å². The molecule has 7 heteroatoms. The van der Waals surface area contributed by atoms with Gasteiger partial charge in [0.2, 0.25) is 0 Å². The van der Waals surface area contributed by atoms with Crippen molar-refractivity contribution in [3.8, 4) is 0 Å². The number of carboxylic acids is 1. The van der Waals surface area contributed by atoms with Gasteiger partial charge in [-0.25, -0.2) is 4.98 Å². The number of amides is 1. The fourth-order valence-electron chi connectivity index (χ4n) is 1.72. The minimum Gasteiger partial charge on any atom is -0.480 e. The highest BCUT2D eigenvalue weighted by atomic mass is 16.4. The monoisotopic (exact) mass is 264 g/mol. The number of hydrogen-bond donors (Lipinski definition) is 3. The predicted octanol–water partition coefficient (Wildman–Crippen LogP) is 0.0737. The SMILES string of the molecule is O=C(O)CN(CC(=O)NNc1ccccn1)C1CC1. The second-order valence-corrected chi connectivity index (χ2v) is 4.42. The lowest BCUT2D eigenvalue weighted by Crippen LogP contribution is -2.42. The Morgan fingerprint density at radius 2 is 2.16 bits per heavy atom. The van der Waals surface area contributed by atoms with Gasteiger partial charge in [0.25, 0.3) is 5.91 Å². The second-order valence-electron chi connectivity index (χ2n) is 4.42. The highest BCUT2D eigenvalue weighted by Crippen LogP contribution is 2.26.